The van der Waals surface area contributed by atoms with Crippen molar-refractivity contribution < 1.29 is 18.3 Å². The summed E-state index contributed by atoms with van der Waals surface area (Å²) >= 11 is 0. The van der Waals surface area contributed by atoms with Gasteiger partial charge in [-0.3, -0.25) is 0 Å². The number of para-hydroxylation sites is 1. The van der Waals surface area contributed by atoms with Crippen molar-refractivity contribution in [3.63, 3.8) is 0 Å². The first-order valence-corrected chi connectivity index (χ1v) is 8.68. The molecule has 0 spiro atoms. The molecule has 3 aromatic carbocycles. The van der Waals surface area contributed by atoms with Crippen LogP contribution in [0.4, 0.5) is 30.6 Å². The predicted octanol–water partition coefficient (Wildman–Crippen LogP) is 5.69. The molecule has 0 saturated carbocycles. The van der Waals surface area contributed by atoms with Crippen molar-refractivity contribution in [2.24, 2.45) is 4.99 Å². The Morgan fingerprint density at radius 2 is 1.55 bits per heavy atom. The summed E-state index contributed by atoms with van der Waals surface area (Å²) in [5.74, 6) is -0.549. The number of anilines is 2. The van der Waals surface area contributed by atoms with Gasteiger partial charge in [0.1, 0.15) is 17.4 Å². The van der Waals surface area contributed by atoms with Crippen LogP contribution in [0.2, 0.25) is 0 Å². The predicted molar refractivity (Wildman–Crippen MR) is 108 cm³/mol. The molecule has 0 aromatic heterocycles. The van der Waals surface area contributed by atoms with Gasteiger partial charge in [-0.05, 0) is 60.7 Å². The van der Waals surface area contributed by atoms with Gasteiger partial charge in [0, 0.05) is 11.3 Å². The number of urea groups is 1. The molecule has 29 heavy (non-hydrogen) atoms. The fourth-order valence-corrected chi connectivity index (χ4v) is 2.81. The molecule has 2 amide bonds. The summed E-state index contributed by atoms with van der Waals surface area (Å²) in [6.07, 6.45) is 0. The number of aliphatic imine (C=N–C) groups is 1. The molecule has 0 unspecified atom stereocenters. The highest BCUT2D eigenvalue weighted by atomic mass is 19.1. The molecule has 0 atom stereocenters. The number of carbonyl (C=O) groups is 1. The Labute approximate surface area is 165 Å². The lowest BCUT2D eigenvalue weighted by molar-refractivity contribution is 0.258. The zero-order valence-electron chi connectivity index (χ0n) is 15.1. The highest BCUT2D eigenvalue weighted by molar-refractivity contribution is 6.19. The minimum Gasteiger partial charge on any atom is -0.425 e. The standard InChI is InChI=1S/C22H15F2N3O2/c1-14-19-4-2-3-5-20(19)26-22(29-14)27(18-12-8-16(24)9-13-18)21(28)25-17-10-6-15(23)7-11-17/h2-13H,1H2,(H,25,28). The van der Waals surface area contributed by atoms with Crippen molar-refractivity contribution in [2.45, 2.75) is 0 Å². The highest BCUT2D eigenvalue weighted by Gasteiger charge is 2.28. The maximum atomic E-state index is 13.4. The van der Waals surface area contributed by atoms with Gasteiger partial charge in [0.15, 0.2) is 0 Å². The fourth-order valence-electron chi connectivity index (χ4n) is 2.81. The third kappa shape index (κ3) is 3.84. The molecule has 0 saturated heterocycles. The van der Waals surface area contributed by atoms with E-state index in [1.54, 1.807) is 18.2 Å². The molecule has 5 nitrogen and oxygen atoms in total. The monoisotopic (exact) mass is 391 g/mol. The van der Waals surface area contributed by atoms with Gasteiger partial charge in [-0.1, -0.05) is 18.7 Å². The van der Waals surface area contributed by atoms with E-state index < -0.39 is 17.7 Å². The number of fused-ring (bicyclic) bond motifs is 1. The van der Waals surface area contributed by atoms with Crippen LogP contribution in [-0.4, -0.2) is 12.1 Å². The first-order chi connectivity index (χ1) is 14.0. The van der Waals surface area contributed by atoms with E-state index in [9.17, 15) is 13.6 Å². The first kappa shape index (κ1) is 18.4. The lowest BCUT2D eigenvalue weighted by Crippen LogP contribution is -2.41. The number of carbonyl (C=O) groups excluding carboxylic acids is 1. The van der Waals surface area contributed by atoms with E-state index in [1.807, 2.05) is 6.07 Å². The van der Waals surface area contributed by atoms with Crippen LogP contribution in [-0.2, 0) is 4.74 Å². The number of nitrogens with one attached hydrogen (secondary N) is 1. The number of nitrogens with zero attached hydrogens (tertiary/aromatic N) is 2. The maximum Gasteiger partial charge on any atom is 0.334 e. The van der Waals surface area contributed by atoms with Crippen LogP contribution in [0.25, 0.3) is 5.76 Å². The zero-order chi connectivity index (χ0) is 20.4. The lowest BCUT2D eigenvalue weighted by Gasteiger charge is -2.27. The largest absolute Gasteiger partial charge is 0.425 e. The zero-order valence-corrected chi connectivity index (χ0v) is 15.1. The summed E-state index contributed by atoms with van der Waals surface area (Å²) < 4.78 is 32.3. The Hall–Kier alpha value is -4.00. The highest BCUT2D eigenvalue weighted by Crippen LogP contribution is 2.33. The van der Waals surface area contributed by atoms with Crippen LogP contribution in [0.3, 0.4) is 0 Å². The van der Waals surface area contributed by atoms with Gasteiger partial charge in [0.25, 0.3) is 0 Å². The molecular formula is C22H15F2N3O2. The summed E-state index contributed by atoms with van der Waals surface area (Å²) in [4.78, 5) is 18.6. The minimum atomic E-state index is -0.617. The molecule has 1 aliphatic heterocycles. The van der Waals surface area contributed by atoms with Crippen molar-refractivity contribution in [2.75, 3.05) is 10.2 Å². The van der Waals surface area contributed by atoms with Gasteiger partial charge in [-0.2, -0.15) is 4.99 Å². The lowest BCUT2D eigenvalue weighted by atomic mass is 10.1. The summed E-state index contributed by atoms with van der Waals surface area (Å²) in [5, 5.41) is 2.65. The average molecular weight is 391 g/mol. The van der Waals surface area contributed by atoms with Crippen molar-refractivity contribution in [3.8, 4) is 0 Å². The Kier molecular flexibility index (Phi) is 4.78. The average Bonchev–Trinajstić information content (AvgIpc) is 2.71. The van der Waals surface area contributed by atoms with Crippen molar-refractivity contribution in [3.05, 3.63) is 96.6 Å². The van der Waals surface area contributed by atoms with Crippen LogP contribution >= 0.6 is 0 Å². The van der Waals surface area contributed by atoms with Crippen LogP contribution in [0.1, 0.15) is 5.56 Å². The number of amides is 2. The number of benzene rings is 3. The molecule has 1 N–H and O–H groups in total. The third-order valence-corrected chi connectivity index (χ3v) is 4.21. The van der Waals surface area contributed by atoms with Crippen LogP contribution in [0.15, 0.2) is 84.4 Å². The molecule has 7 heteroatoms. The van der Waals surface area contributed by atoms with Crippen LogP contribution < -0.4 is 10.2 Å². The van der Waals surface area contributed by atoms with Crippen LogP contribution in [0, 0.1) is 11.6 Å². The molecule has 144 valence electrons. The number of hydrogen-bond donors (Lipinski definition) is 1. The Balaban J connectivity index is 1.74. The topological polar surface area (TPSA) is 53.9 Å². The second-order valence-corrected chi connectivity index (χ2v) is 6.19. The molecule has 1 aliphatic rings. The molecule has 3 aromatic rings. The first-order valence-electron chi connectivity index (χ1n) is 8.68. The third-order valence-electron chi connectivity index (χ3n) is 4.21. The SMILES string of the molecule is C=C1OC(N(C(=O)Nc2ccc(F)cc2)c2ccc(F)cc2)=Nc2ccccc21. The molecule has 0 bridgehead atoms. The quantitative estimate of drug-likeness (QED) is 0.610. The summed E-state index contributed by atoms with van der Waals surface area (Å²) in [6.45, 7) is 3.89. The number of halogens is 2. The van der Waals surface area contributed by atoms with Gasteiger partial charge in [-0.25, -0.2) is 18.5 Å². The van der Waals surface area contributed by atoms with E-state index in [0.29, 0.717) is 28.4 Å². The van der Waals surface area contributed by atoms with E-state index in [2.05, 4.69) is 16.9 Å². The van der Waals surface area contributed by atoms with Gasteiger partial charge in [0.05, 0.1) is 11.4 Å². The van der Waals surface area contributed by atoms with E-state index >= 15 is 0 Å². The fraction of sp³-hybridized carbons (Fsp3) is 0. The Morgan fingerprint density at radius 3 is 2.24 bits per heavy atom. The number of hydrogen-bond acceptors (Lipinski definition) is 3. The Morgan fingerprint density at radius 1 is 0.931 bits per heavy atom. The van der Waals surface area contributed by atoms with E-state index in [1.165, 1.54) is 48.5 Å². The number of rotatable bonds is 2. The molecule has 0 fully saturated rings. The van der Waals surface area contributed by atoms with Crippen molar-refractivity contribution >= 4 is 34.9 Å². The molecule has 4 rings (SSSR count). The van der Waals surface area contributed by atoms with E-state index in [4.69, 9.17) is 4.74 Å². The minimum absolute atomic E-state index is 0.0417. The normalized spacial score (nSPS) is 12.5. The van der Waals surface area contributed by atoms with Gasteiger partial charge < -0.3 is 10.1 Å². The number of amidine groups is 1. The Bertz CT molecular complexity index is 1110. The van der Waals surface area contributed by atoms with Gasteiger partial charge >= 0.3 is 12.1 Å². The van der Waals surface area contributed by atoms with E-state index in [-0.39, 0.29) is 6.02 Å². The maximum absolute atomic E-state index is 13.4. The van der Waals surface area contributed by atoms with Gasteiger partial charge in [0.2, 0.25) is 0 Å². The molecule has 0 radical (unpaired) electrons. The van der Waals surface area contributed by atoms with Crippen molar-refractivity contribution in [1.29, 1.82) is 0 Å². The van der Waals surface area contributed by atoms with Crippen LogP contribution in [0.5, 0.6) is 0 Å². The molecule has 1 heterocycles. The summed E-state index contributed by atoms with van der Waals surface area (Å²) in [6, 6.07) is 17.1. The second kappa shape index (κ2) is 7.55. The molecule has 0 aliphatic carbocycles. The van der Waals surface area contributed by atoms with Crippen molar-refractivity contribution in [1.82, 2.24) is 0 Å². The summed E-state index contributed by atoms with van der Waals surface area (Å²) in [7, 11) is 0. The van der Waals surface area contributed by atoms with E-state index in [0.717, 1.165) is 4.90 Å². The summed E-state index contributed by atoms with van der Waals surface area (Å²) in [5.41, 5.74) is 1.99. The van der Waals surface area contributed by atoms with Gasteiger partial charge in [-0.15, -0.1) is 0 Å². The number of ether oxygens (including phenoxy) is 1. The molecular weight excluding hydrogens is 376 g/mol. The smallest absolute Gasteiger partial charge is 0.334 e. The second-order valence-electron chi connectivity index (χ2n) is 6.19.